The molecule has 6 aliphatic rings. The summed E-state index contributed by atoms with van der Waals surface area (Å²) in [5.41, 5.74) is 0. The Labute approximate surface area is 776 Å². The number of hydrogen-bond donors (Lipinski definition) is 0. The van der Waals surface area contributed by atoms with Crippen LogP contribution in [0.3, 0.4) is 0 Å². The molecule has 6 heterocycles. The molecule has 684 valence electrons. The fraction of sp³-hybridized carbons (Fsp3) is 0.406. The second kappa shape index (κ2) is 51.7. The molecule has 0 amide bonds. The smallest absolute Gasteiger partial charge is 0.491 e. The number of esters is 3. The van der Waals surface area contributed by atoms with Gasteiger partial charge in [-0.2, -0.15) is 13.2 Å². The highest BCUT2D eigenvalue weighted by molar-refractivity contribution is 7.98. The molecule has 0 unspecified atom stereocenters. The summed E-state index contributed by atoms with van der Waals surface area (Å²) in [5, 5.41) is 13.8. The van der Waals surface area contributed by atoms with Gasteiger partial charge in [0, 0.05) is 165 Å². The van der Waals surface area contributed by atoms with Crippen molar-refractivity contribution >= 4 is 148 Å². The van der Waals surface area contributed by atoms with E-state index in [4.69, 9.17) is 47.4 Å². The van der Waals surface area contributed by atoms with E-state index >= 15 is 0 Å². The highest BCUT2D eigenvalue weighted by atomic mass is 32.2. The molecule has 14 nitrogen and oxygen atoms in total. The van der Waals surface area contributed by atoms with Crippen LogP contribution in [0, 0.1) is 0 Å². The lowest BCUT2D eigenvalue weighted by Crippen LogP contribution is -2.28. The third-order valence-corrected chi connectivity index (χ3v) is 38.4. The van der Waals surface area contributed by atoms with Crippen molar-refractivity contribution in [2.24, 2.45) is 0 Å². The van der Waals surface area contributed by atoms with Gasteiger partial charge in [-0.3, -0.25) is 9.59 Å². The first-order valence-corrected chi connectivity index (χ1v) is 54.9. The van der Waals surface area contributed by atoms with Gasteiger partial charge in [0.1, 0.15) is 123 Å². The van der Waals surface area contributed by atoms with E-state index in [2.05, 4.69) is 150 Å². The molecule has 0 bridgehead atoms. The molecule has 23 heteroatoms. The van der Waals surface area contributed by atoms with Crippen molar-refractivity contribution in [3.63, 3.8) is 0 Å². The molecule has 0 spiro atoms. The summed E-state index contributed by atoms with van der Waals surface area (Å²) < 4.78 is 96.2. The Morgan fingerprint density at radius 1 is 0.240 bits per heavy atom. The van der Waals surface area contributed by atoms with Crippen molar-refractivity contribution in [3.8, 4) is 34.5 Å². The van der Waals surface area contributed by atoms with Crippen LogP contribution < -0.4 is 28.4 Å². The number of fused-ring (bicyclic) bond motifs is 6. The van der Waals surface area contributed by atoms with Crippen molar-refractivity contribution in [2.75, 3.05) is 156 Å². The first kappa shape index (κ1) is 98.2. The average molecular weight is 1870 g/mol. The van der Waals surface area contributed by atoms with Crippen LogP contribution in [0.5, 0.6) is 34.5 Å². The lowest BCUT2D eigenvalue weighted by atomic mass is 10.1. The molecular formula is C106H125F3O14S6+6. The normalized spacial score (nSPS) is 15.9. The van der Waals surface area contributed by atoms with Crippen LogP contribution in [-0.4, -0.2) is 181 Å². The summed E-state index contributed by atoms with van der Waals surface area (Å²) in [7, 11) is 7.17. The number of ether oxygens (including phenoxy) is 11. The topological polar surface area (TPSA) is 153 Å². The van der Waals surface area contributed by atoms with E-state index in [-0.39, 0.29) is 28.6 Å². The summed E-state index contributed by atoms with van der Waals surface area (Å²) in [5.74, 6) is 17.0. The molecule has 0 saturated carbocycles. The molecule has 6 saturated heterocycles. The van der Waals surface area contributed by atoms with E-state index in [0.717, 1.165) is 49.8 Å². The van der Waals surface area contributed by atoms with Crippen LogP contribution in [0.25, 0.3) is 64.6 Å². The van der Waals surface area contributed by atoms with Gasteiger partial charge in [0.25, 0.3) is 0 Å². The minimum Gasteiger partial charge on any atom is -0.491 e. The van der Waals surface area contributed by atoms with Gasteiger partial charge in [-0.15, -0.1) is 0 Å². The minimum absolute atomic E-state index is 0.0349. The van der Waals surface area contributed by atoms with Crippen LogP contribution in [0.15, 0.2) is 248 Å². The van der Waals surface area contributed by atoms with E-state index in [1.165, 1.54) is 241 Å². The number of hydrogen-bond acceptors (Lipinski definition) is 14. The number of alkyl halides is 3. The standard InChI is InChI=1S/C20H27O3S.C19H25O3S.C17H16F3O2S.C17H19O2S.C17H21O2S.C16H17O2S/c1-21-11-12-22-13-14-23-19-9-10-20(24-15-5-2-6-16-24)18-8-4-3-7-17(18)19;1-20-10-11-21-12-13-22-18-8-9-19(23-14-4-5-15-23)17-7-3-2-6-16(17)18;18-17(19,20)16(21)22-14-8-9-15(23-10-4-1-5-11-23)13-7-3-2-6-12(13)14;1-13(18)19-16-9-10-17(20-11-5-2-6-12-20)15-8-4-3-7-14(15)16;1-18-10-11-19-16-8-9-17(20-12-4-5-13-20)15-7-3-2-6-14(15)16;1-12(17)18-15-8-9-16(19-10-4-5-11-19)14-7-3-2-6-13(14)15/h3-4,7-10H,2,5-6,11-16H2,1H3;2-3,6-9H,4-5,10-15H2,1H3;2-3,6-9H,1,4-5,10-11H2;3-4,7-10H,2,5-6,11-12H2,1H3;2-3,6-9H,4-5,10-13H2,1H3;2-3,6-9H,4-5,10-11H2,1H3/q6*+1. The summed E-state index contributed by atoms with van der Waals surface area (Å²) in [6, 6.07) is 74.4. The van der Waals surface area contributed by atoms with Crippen molar-refractivity contribution < 1.29 is 79.7 Å². The van der Waals surface area contributed by atoms with Crippen LogP contribution in [0.2, 0.25) is 0 Å². The summed E-state index contributed by atoms with van der Waals surface area (Å²) in [6.45, 7) is 8.91. The Balaban J connectivity index is 0.000000132. The van der Waals surface area contributed by atoms with E-state index in [9.17, 15) is 27.6 Å². The molecule has 12 aromatic rings. The zero-order chi connectivity index (χ0) is 89.9. The second-order valence-electron chi connectivity index (χ2n) is 32.2. The molecule has 6 aliphatic heterocycles. The Bertz CT molecular complexity index is 5570. The van der Waals surface area contributed by atoms with Crippen LogP contribution >= 0.6 is 0 Å². The number of carbonyl (C=O) groups excluding carboxylic acids is 3. The van der Waals surface area contributed by atoms with Crippen molar-refractivity contribution in [1.82, 2.24) is 0 Å². The fourth-order valence-corrected chi connectivity index (χ4v) is 32.0. The molecule has 0 N–H and O–H groups in total. The van der Waals surface area contributed by atoms with Gasteiger partial charge < -0.3 is 52.1 Å². The molecule has 12 aromatic carbocycles. The van der Waals surface area contributed by atoms with Crippen molar-refractivity contribution in [3.05, 3.63) is 218 Å². The van der Waals surface area contributed by atoms with Crippen LogP contribution in [0.4, 0.5) is 13.2 Å². The zero-order valence-corrected chi connectivity index (χ0v) is 80.1. The predicted octanol–water partition coefficient (Wildman–Crippen LogP) is 23.3. The van der Waals surface area contributed by atoms with E-state index in [0.29, 0.717) is 137 Å². The van der Waals surface area contributed by atoms with Crippen LogP contribution in [0.1, 0.15) is 110 Å². The molecule has 18 rings (SSSR count). The number of carbonyl (C=O) groups is 3. The molecule has 6 fully saturated rings. The molecule has 0 radical (unpaired) electrons. The van der Waals surface area contributed by atoms with Gasteiger partial charge in [0.2, 0.25) is 0 Å². The minimum atomic E-state index is -5.00. The van der Waals surface area contributed by atoms with Gasteiger partial charge in [0.15, 0.2) is 29.4 Å². The largest absolute Gasteiger partial charge is 0.491 e. The maximum Gasteiger partial charge on any atom is 0.491 e. The van der Waals surface area contributed by atoms with Crippen molar-refractivity contribution in [2.45, 2.75) is 146 Å². The maximum absolute atomic E-state index is 12.4. The van der Waals surface area contributed by atoms with Gasteiger partial charge in [0.05, 0.1) is 46.2 Å². The average Bonchev–Trinajstić information content (AvgIpc) is 1.30. The molecular weight excluding hydrogens is 1750 g/mol. The number of methoxy groups -OCH3 is 3. The number of rotatable bonds is 27. The number of halogens is 3. The third-order valence-electron chi connectivity index (χ3n) is 23.2. The highest BCUT2D eigenvalue weighted by Crippen LogP contribution is 2.42. The van der Waals surface area contributed by atoms with Crippen molar-refractivity contribution in [1.29, 1.82) is 0 Å². The fourth-order valence-electron chi connectivity index (χ4n) is 17.0. The van der Waals surface area contributed by atoms with E-state index in [1.54, 1.807) is 33.5 Å². The maximum atomic E-state index is 12.4. The monoisotopic (exact) mass is 1870 g/mol. The SMILES string of the molecule is CC(=O)Oc1ccc([S+]2CCCC2)c2ccccc12.CC(=O)Oc1ccc([S+]2CCCCC2)c2ccccc12.COCCOCCOc1ccc([S+]2CCCC2)c2ccccc12.COCCOCCOc1ccc([S+]2CCCCC2)c2ccccc12.COCCOc1ccc([S+]2CCCC2)c2ccccc12.O=C(Oc1ccc([S+]2CCCCC2)c2ccccc12)C(F)(F)F. The quantitative estimate of drug-likeness (QED) is 0.0208. The first-order valence-electron chi connectivity index (χ1n) is 45.5. The molecule has 0 atom stereocenters. The second-order valence-corrected chi connectivity index (χ2v) is 45.6. The summed E-state index contributed by atoms with van der Waals surface area (Å²) in [6.07, 6.45) is 15.0. The van der Waals surface area contributed by atoms with Crippen LogP contribution in [-0.2, 0) is 103 Å². The van der Waals surface area contributed by atoms with Gasteiger partial charge >= 0.3 is 24.1 Å². The van der Waals surface area contributed by atoms with E-state index in [1.807, 2.05) is 54.6 Å². The third kappa shape index (κ3) is 27.9. The van der Waals surface area contributed by atoms with E-state index < -0.39 is 12.1 Å². The van der Waals surface area contributed by atoms with Gasteiger partial charge in [-0.25, -0.2) is 4.79 Å². The van der Waals surface area contributed by atoms with Gasteiger partial charge in [-0.05, 0) is 206 Å². The number of benzene rings is 12. The van der Waals surface area contributed by atoms with Gasteiger partial charge in [-0.1, -0.05) is 109 Å². The first-order chi connectivity index (χ1) is 63.2. The Morgan fingerprint density at radius 2 is 0.426 bits per heavy atom. The molecule has 0 aromatic heterocycles. The summed E-state index contributed by atoms with van der Waals surface area (Å²) in [4.78, 5) is 42.1. The Morgan fingerprint density at radius 3 is 0.651 bits per heavy atom. The highest BCUT2D eigenvalue weighted by Gasteiger charge is 2.42. The Hall–Kier alpha value is -8.30. The lowest BCUT2D eigenvalue weighted by Gasteiger charge is -2.16. The predicted molar refractivity (Wildman–Crippen MR) is 533 cm³/mol. The molecule has 129 heavy (non-hydrogen) atoms. The summed E-state index contributed by atoms with van der Waals surface area (Å²) >= 11 is 0. The lowest BCUT2D eigenvalue weighted by molar-refractivity contribution is -0.189. The Kier molecular flexibility index (Phi) is 39.3. The zero-order valence-electron chi connectivity index (χ0n) is 75.2. The molecule has 0 aliphatic carbocycles.